The highest BCUT2D eigenvalue weighted by Gasteiger charge is 2.33. The highest BCUT2D eigenvalue weighted by Crippen LogP contribution is 2.37. The van der Waals surface area contributed by atoms with E-state index in [4.69, 9.17) is 0 Å². The maximum absolute atomic E-state index is 13.3. The fourth-order valence-electron chi connectivity index (χ4n) is 3.47. The molecule has 0 fully saturated rings. The van der Waals surface area contributed by atoms with Crippen LogP contribution in [-0.2, 0) is 12.7 Å². The Hall–Kier alpha value is -3.35. The van der Waals surface area contributed by atoms with Gasteiger partial charge in [-0.2, -0.15) is 13.2 Å². The van der Waals surface area contributed by atoms with Gasteiger partial charge in [0.15, 0.2) is 11.6 Å². The number of aromatic nitrogens is 4. The smallest absolute Gasteiger partial charge is 0.340 e. The molecule has 7 heteroatoms. The minimum absolute atomic E-state index is 0.451. The molecule has 0 saturated heterocycles. The van der Waals surface area contributed by atoms with Crippen LogP contribution in [0, 0.1) is 0 Å². The number of fused-ring (bicyclic) bond motifs is 5. The molecule has 0 amide bonds. The second kappa shape index (κ2) is 5.57. The van der Waals surface area contributed by atoms with Crippen LogP contribution in [0.5, 0.6) is 0 Å². The highest BCUT2D eigenvalue weighted by molar-refractivity contribution is 5.68. The van der Waals surface area contributed by atoms with Gasteiger partial charge in [-0.15, -0.1) is 10.2 Å². The van der Waals surface area contributed by atoms with Gasteiger partial charge in [0, 0.05) is 18.3 Å². The molecule has 0 radical (unpaired) electrons. The van der Waals surface area contributed by atoms with E-state index in [0.29, 0.717) is 23.9 Å². The van der Waals surface area contributed by atoms with Crippen LogP contribution in [0.3, 0.4) is 0 Å². The summed E-state index contributed by atoms with van der Waals surface area (Å²) in [5.74, 6) is 1.04. The van der Waals surface area contributed by atoms with Crippen LogP contribution >= 0.6 is 0 Å². The number of hydrogen-bond acceptors (Lipinski definition) is 2. The van der Waals surface area contributed by atoms with Crippen molar-refractivity contribution in [2.45, 2.75) is 12.7 Å². The van der Waals surface area contributed by atoms with Crippen molar-refractivity contribution >= 4 is 0 Å². The Morgan fingerprint density at radius 1 is 0.852 bits per heavy atom. The van der Waals surface area contributed by atoms with Crippen molar-refractivity contribution in [1.29, 1.82) is 0 Å². The maximum Gasteiger partial charge on any atom is 0.416 e. The molecular weight excluding hydrogens is 353 g/mol. The Morgan fingerprint density at radius 2 is 1.63 bits per heavy atom. The first-order valence-electron chi connectivity index (χ1n) is 8.39. The monoisotopic (exact) mass is 366 g/mol. The predicted octanol–water partition coefficient (Wildman–Crippen LogP) is 4.78. The second-order valence-corrected chi connectivity index (χ2v) is 6.41. The fraction of sp³-hybridized carbons (Fsp3) is 0.100. The Kier molecular flexibility index (Phi) is 3.28. The summed E-state index contributed by atoms with van der Waals surface area (Å²) in [6.45, 7) is 0.466. The number of halogens is 3. The van der Waals surface area contributed by atoms with Gasteiger partial charge in [-0.1, -0.05) is 36.4 Å². The Labute approximate surface area is 152 Å². The van der Waals surface area contributed by atoms with Crippen LogP contribution in [0.15, 0.2) is 66.9 Å². The molecular formula is C20H13F3N4. The van der Waals surface area contributed by atoms with Gasteiger partial charge >= 0.3 is 6.18 Å². The van der Waals surface area contributed by atoms with Crippen molar-refractivity contribution in [3.8, 4) is 28.6 Å². The molecule has 0 unspecified atom stereocenters. The van der Waals surface area contributed by atoms with Crippen LogP contribution in [0.2, 0.25) is 0 Å². The molecule has 5 rings (SSSR count). The second-order valence-electron chi connectivity index (χ2n) is 6.41. The van der Waals surface area contributed by atoms with Gasteiger partial charge in [0.05, 0.1) is 16.9 Å². The molecule has 4 aromatic rings. The van der Waals surface area contributed by atoms with Crippen molar-refractivity contribution in [1.82, 2.24) is 19.3 Å². The van der Waals surface area contributed by atoms with Crippen LogP contribution in [-0.4, -0.2) is 19.3 Å². The lowest BCUT2D eigenvalue weighted by Crippen LogP contribution is -2.09. The first-order valence-corrected chi connectivity index (χ1v) is 8.39. The van der Waals surface area contributed by atoms with E-state index >= 15 is 0 Å². The molecule has 0 atom stereocenters. The molecule has 134 valence electrons. The minimum atomic E-state index is -4.42. The SMILES string of the molecule is FC(F)(F)c1ccc2c(c1)-n1c(-c3ccccc3)nnc1-c1cccn1C2. The zero-order valence-corrected chi connectivity index (χ0v) is 14.0. The molecule has 3 heterocycles. The largest absolute Gasteiger partial charge is 0.416 e. The lowest BCUT2D eigenvalue weighted by atomic mass is 10.1. The summed E-state index contributed by atoms with van der Waals surface area (Å²) < 4.78 is 43.7. The summed E-state index contributed by atoms with van der Waals surface area (Å²) in [6.07, 6.45) is -2.53. The number of nitrogens with zero attached hydrogens (tertiary/aromatic N) is 4. The average molecular weight is 366 g/mol. The predicted molar refractivity (Wildman–Crippen MR) is 94.3 cm³/mol. The Balaban J connectivity index is 1.84. The van der Waals surface area contributed by atoms with E-state index in [1.165, 1.54) is 12.1 Å². The maximum atomic E-state index is 13.3. The number of rotatable bonds is 1. The fourth-order valence-corrected chi connectivity index (χ4v) is 3.47. The molecule has 1 aliphatic heterocycles. The van der Waals surface area contributed by atoms with Crippen molar-refractivity contribution in [3.05, 3.63) is 78.0 Å². The summed E-state index contributed by atoms with van der Waals surface area (Å²) in [4.78, 5) is 0. The third-order valence-corrected chi connectivity index (χ3v) is 4.75. The van der Waals surface area contributed by atoms with Crippen molar-refractivity contribution in [2.75, 3.05) is 0 Å². The molecule has 0 aliphatic carbocycles. The molecule has 2 aromatic heterocycles. The molecule has 0 bridgehead atoms. The number of alkyl halides is 3. The first kappa shape index (κ1) is 15.9. The van der Waals surface area contributed by atoms with Crippen LogP contribution in [0.4, 0.5) is 13.2 Å². The topological polar surface area (TPSA) is 35.6 Å². The minimum Gasteiger partial charge on any atom is -0.340 e. The lowest BCUT2D eigenvalue weighted by molar-refractivity contribution is -0.137. The van der Waals surface area contributed by atoms with E-state index in [1.54, 1.807) is 4.57 Å². The van der Waals surface area contributed by atoms with Crippen LogP contribution < -0.4 is 0 Å². The van der Waals surface area contributed by atoms with Crippen molar-refractivity contribution < 1.29 is 13.2 Å². The van der Waals surface area contributed by atoms with Gasteiger partial charge in [0.2, 0.25) is 0 Å². The molecule has 4 nitrogen and oxygen atoms in total. The summed E-state index contributed by atoms with van der Waals surface area (Å²) >= 11 is 0. The molecule has 1 aliphatic rings. The summed E-state index contributed by atoms with van der Waals surface area (Å²) in [5.41, 5.74) is 2.14. The molecule has 2 aromatic carbocycles. The molecule has 27 heavy (non-hydrogen) atoms. The lowest BCUT2D eigenvalue weighted by Gasteiger charge is -2.15. The summed E-state index contributed by atoms with van der Waals surface area (Å²) in [6, 6.07) is 17.0. The third kappa shape index (κ3) is 2.46. The Bertz CT molecular complexity index is 1140. The van der Waals surface area contributed by atoms with E-state index in [2.05, 4.69) is 10.2 Å². The van der Waals surface area contributed by atoms with Gasteiger partial charge in [-0.05, 0) is 29.8 Å². The number of benzene rings is 2. The van der Waals surface area contributed by atoms with E-state index in [9.17, 15) is 13.2 Å². The quantitative estimate of drug-likeness (QED) is 0.428. The Morgan fingerprint density at radius 3 is 2.41 bits per heavy atom. The van der Waals surface area contributed by atoms with E-state index in [1.807, 2.05) is 53.2 Å². The van der Waals surface area contributed by atoms with Crippen LogP contribution in [0.25, 0.3) is 28.6 Å². The van der Waals surface area contributed by atoms with Gasteiger partial charge < -0.3 is 4.57 Å². The standard InChI is InChI=1S/C20H13F3N4/c21-20(22,23)15-9-8-14-12-26-10-4-7-16(26)19-25-24-18(27(19)17(14)11-15)13-5-2-1-3-6-13/h1-11H,12H2. The van der Waals surface area contributed by atoms with Crippen LogP contribution in [0.1, 0.15) is 11.1 Å². The van der Waals surface area contributed by atoms with E-state index in [0.717, 1.165) is 22.9 Å². The normalized spacial score (nSPS) is 12.9. The van der Waals surface area contributed by atoms with Gasteiger partial charge in [0.1, 0.15) is 0 Å². The molecule has 0 N–H and O–H groups in total. The average Bonchev–Trinajstić information content (AvgIpc) is 3.26. The highest BCUT2D eigenvalue weighted by atomic mass is 19.4. The van der Waals surface area contributed by atoms with Gasteiger partial charge in [-0.3, -0.25) is 4.57 Å². The third-order valence-electron chi connectivity index (χ3n) is 4.75. The summed E-state index contributed by atoms with van der Waals surface area (Å²) in [5, 5.41) is 8.61. The van der Waals surface area contributed by atoms with Crippen molar-refractivity contribution in [2.24, 2.45) is 0 Å². The van der Waals surface area contributed by atoms with Gasteiger partial charge in [0.25, 0.3) is 0 Å². The molecule has 0 spiro atoms. The van der Waals surface area contributed by atoms with Crippen molar-refractivity contribution in [3.63, 3.8) is 0 Å². The first-order chi connectivity index (χ1) is 13.0. The van der Waals surface area contributed by atoms with E-state index < -0.39 is 11.7 Å². The summed E-state index contributed by atoms with van der Waals surface area (Å²) in [7, 11) is 0. The molecule has 0 saturated carbocycles. The van der Waals surface area contributed by atoms with Gasteiger partial charge in [-0.25, -0.2) is 0 Å². The zero-order chi connectivity index (χ0) is 18.6. The van der Waals surface area contributed by atoms with E-state index in [-0.39, 0.29) is 0 Å². The zero-order valence-electron chi connectivity index (χ0n) is 14.0. The number of hydrogen-bond donors (Lipinski definition) is 0.